The van der Waals surface area contributed by atoms with Gasteiger partial charge in [0.25, 0.3) is 11.3 Å². The van der Waals surface area contributed by atoms with Crippen LogP contribution in [0.3, 0.4) is 0 Å². The molecular weight excluding hydrogens is 356 g/mol. The van der Waals surface area contributed by atoms with E-state index in [9.17, 15) is 8.42 Å². The second-order valence-electron chi connectivity index (χ2n) is 4.60. The highest BCUT2D eigenvalue weighted by molar-refractivity contribution is 7.80. The normalized spacial score (nSPS) is 13.1. The van der Waals surface area contributed by atoms with Crippen molar-refractivity contribution in [3.05, 3.63) is 36.4 Å². The molecule has 0 fully saturated rings. The first-order valence-electron chi connectivity index (χ1n) is 6.56. The minimum atomic E-state index is -2.28. The van der Waals surface area contributed by atoms with E-state index in [1.165, 1.54) is 19.2 Å². The van der Waals surface area contributed by atoms with Gasteiger partial charge in [-0.15, -0.1) is 0 Å². The highest BCUT2D eigenvalue weighted by Gasteiger charge is 2.13. The Morgan fingerprint density at radius 3 is 2.38 bits per heavy atom. The van der Waals surface area contributed by atoms with E-state index in [0.29, 0.717) is 34.0 Å². The largest absolute Gasteiger partial charge is 0.497 e. The number of anilines is 2. The number of rotatable bonds is 7. The standard InChI is InChI=1S/C14H16N2O6S2/c1-21-9-2-4-13(15)11(6-9)12-7-10(22-8-23(17)18)3-5-14(12)16-24(19)20/h2-7,16H,8,15H2,1H3,(H,17,18)(H,19,20). The maximum absolute atomic E-state index is 11.1. The number of hydrogen-bond donors (Lipinski definition) is 4. The molecule has 0 heterocycles. The molecule has 0 aromatic heterocycles. The minimum absolute atomic E-state index is 0.309. The molecule has 8 nitrogen and oxygen atoms in total. The maximum Gasteiger partial charge on any atom is 0.259 e. The van der Waals surface area contributed by atoms with E-state index in [4.69, 9.17) is 24.3 Å². The number of methoxy groups -OCH3 is 1. The van der Waals surface area contributed by atoms with Crippen molar-refractivity contribution in [1.82, 2.24) is 0 Å². The predicted octanol–water partition coefficient (Wildman–Crippen LogP) is 2.05. The molecule has 2 unspecified atom stereocenters. The van der Waals surface area contributed by atoms with Gasteiger partial charge >= 0.3 is 0 Å². The third kappa shape index (κ3) is 4.68. The summed E-state index contributed by atoms with van der Waals surface area (Å²) >= 11 is -4.40. The molecule has 0 aliphatic heterocycles. The Morgan fingerprint density at radius 1 is 1.08 bits per heavy atom. The van der Waals surface area contributed by atoms with Crippen LogP contribution in [0.25, 0.3) is 11.1 Å². The number of nitrogen functional groups attached to an aromatic ring is 1. The van der Waals surface area contributed by atoms with Gasteiger partial charge in [0.05, 0.1) is 12.8 Å². The van der Waals surface area contributed by atoms with Gasteiger partial charge in [-0.1, -0.05) is 0 Å². The van der Waals surface area contributed by atoms with Crippen LogP contribution in [0.1, 0.15) is 0 Å². The second-order valence-corrected chi connectivity index (χ2v) is 6.18. The van der Waals surface area contributed by atoms with Crippen LogP contribution in [0.5, 0.6) is 11.5 Å². The lowest BCUT2D eigenvalue weighted by Gasteiger charge is -2.15. The van der Waals surface area contributed by atoms with E-state index < -0.39 is 28.3 Å². The Labute approximate surface area is 143 Å². The molecule has 0 amide bonds. The summed E-state index contributed by atoms with van der Waals surface area (Å²) < 4.78 is 52.5. The van der Waals surface area contributed by atoms with Crippen LogP contribution in [0.2, 0.25) is 0 Å². The summed E-state index contributed by atoms with van der Waals surface area (Å²) in [7, 11) is 1.51. The Bertz CT molecular complexity index is 784. The highest BCUT2D eigenvalue weighted by Crippen LogP contribution is 2.37. The van der Waals surface area contributed by atoms with Gasteiger partial charge in [0.1, 0.15) is 11.5 Å². The molecule has 2 rings (SSSR count). The van der Waals surface area contributed by atoms with E-state index in [1.54, 1.807) is 24.3 Å². The number of benzene rings is 2. The molecule has 0 saturated carbocycles. The van der Waals surface area contributed by atoms with Gasteiger partial charge in [0.2, 0.25) is 0 Å². The zero-order valence-corrected chi connectivity index (χ0v) is 14.2. The molecule has 0 bridgehead atoms. The predicted molar refractivity (Wildman–Crippen MR) is 93.5 cm³/mol. The summed E-state index contributed by atoms with van der Waals surface area (Å²) in [4.78, 5) is 0. The molecule has 2 aromatic carbocycles. The van der Waals surface area contributed by atoms with Gasteiger partial charge in [-0.3, -0.25) is 9.27 Å². The van der Waals surface area contributed by atoms with E-state index >= 15 is 0 Å². The third-order valence-electron chi connectivity index (χ3n) is 3.07. The summed E-state index contributed by atoms with van der Waals surface area (Å²) in [6, 6.07) is 9.56. The summed E-state index contributed by atoms with van der Waals surface area (Å²) in [5.74, 6) is 0.466. The summed E-state index contributed by atoms with van der Waals surface area (Å²) in [6.07, 6.45) is 0. The van der Waals surface area contributed by atoms with Crippen molar-refractivity contribution in [2.45, 2.75) is 0 Å². The van der Waals surface area contributed by atoms with Crippen molar-refractivity contribution in [1.29, 1.82) is 0 Å². The molecule has 2 aromatic rings. The fourth-order valence-corrected chi connectivity index (χ4v) is 2.64. The van der Waals surface area contributed by atoms with Crippen LogP contribution in [-0.4, -0.2) is 30.6 Å². The van der Waals surface area contributed by atoms with Gasteiger partial charge in [-0.25, -0.2) is 8.42 Å². The maximum atomic E-state index is 11.1. The summed E-state index contributed by atoms with van der Waals surface area (Å²) in [5, 5.41) is 0. The summed E-state index contributed by atoms with van der Waals surface area (Å²) in [6.45, 7) is 0. The van der Waals surface area contributed by atoms with Crippen LogP contribution in [0.4, 0.5) is 11.4 Å². The number of nitrogens with two attached hydrogens (primary N) is 1. The van der Waals surface area contributed by atoms with Gasteiger partial charge in [-0.2, -0.15) is 0 Å². The van der Waals surface area contributed by atoms with Gasteiger partial charge in [0.15, 0.2) is 17.0 Å². The molecule has 5 N–H and O–H groups in total. The molecule has 2 atom stereocenters. The van der Waals surface area contributed by atoms with Crippen molar-refractivity contribution in [2.24, 2.45) is 0 Å². The zero-order chi connectivity index (χ0) is 17.7. The van der Waals surface area contributed by atoms with E-state index in [0.717, 1.165) is 0 Å². The molecule has 0 radical (unpaired) electrons. The first-order valence-corrected chi connectivity index (χ1v) is 8.94. The highest BCUT2D eigenvalue weighted by atomic mass is 32.2. The Balaban J connectivity index is 2.52. The van der Waals surface area contributed by atoms with E-state index in [1.807, 2.05) is 0 Å². The van der Waals surface area contributed by atoms with Gasteiger partial charge < -0.3 is 19.8 Å². The molecule has 130 valence electrons. The van der Waals surface area contributed by atoms with Crippen LogP contribution < -0.4 is 19.9 Å². The smallest absolute Gasteiger partial charge is 0.259 e. The van der Waals surface area contributed by atoms with Crippen LogP contribution in [-0.2, 0) is 22.3 Å². The quantitative estimate of drug-likeness (QED) is 0.432. The van der Waals surface area contributed by atoms with Crippen molar-refractivity contribution < 1.29 is 27.0 Å². The zero-order valence-electron chi connectivity index (χ0n) is 12.6. The van der Waals surface area contributed by atoms with Gasteiger partial charge in [0, 0.05) is 16.8 Å². The molecule has 0 aliphatic carbocycles. The first kappa shape index (κ1) is 18.2. The minimum Gasteiger partial charge on any atom is -0.497 e. The van der Waals surface area contributed by atoms with Crippen molar-refractivity contribution in [2.75, 3.05) is 23.5 Å². The van der Waals surface area contributed by atoms with Crippen LogP contribution in [0, 0.1) is 0 Å². The molecule has 0 saturated heterocycles. The van der Waals surface area contributed by atoms with Crippen LogP contribution >= 0.6 is 0 Å². The molecule has 0 spiro atoms. The third-order valence-corrected chi connectivity index (χ3v) is 3.78. The van der Waals surface area contributed by atoms with Crippen molar-refractivity contribution in [3.63, 3.8) is 0 Å². The Hall–Kier alpha value is -2.14. The Morgan fingerprint density at radius 2 is 1.75 bits per heavy atom. The second kappa shape index (κ2) is 8.11. The van der Waals surface area contributed by atoms with E-state index in [-0.39, 0.29) is 0 Å². The van der Waals surface area contributed by atoms with Crippen molar-refractivity contribution in [3.8, 4) is 22.6 Å². The van der Waals surface area contributed by atoms with E-state index in [2.05, 4.69) is 4.72 Å². The monoisotopic (exact) mass is 372 g/mol. The average Bonchev–Trinajstić information content (AvgIpc) is 2.54. The summed E-state index contributed by atoms with van der Waals surface area (Å²) in [5.41, 5.74) is 7.79. The lowest BCUT2D eigenvalue weighted by atomic mass is 10.0. The van der Waals surface area contributed by atoms with Crippen molar-refractivity contribution >= 4 is 33.7 Å². The fourth-order valence-electron chi connectivity index (χ4n) is 2.03. The molecule has 0 aliphatic rings. The topological polar surface area (TPSA) is 131 Å². The molecular formula is C14H16N2O6S2. The van der Waals surface area contributed by atoms with Gasteiger partial charge in [-0.05, 0) is 36.4 Å². The van der Waals surface area contributed by atoms with Crippen LogP contribution in [0.15, 0.2) is 36.4 Å². The Kier molecular flexibility index (Phi) is 6.15. The number of ether oxygens (including phenoxy) is 2. The average molecular weight is 372 g/mol. The number of nitrogens with one attached hydrogen (secondary N) is 1. The lowest BCUT2D eigenvalue weighted by molar-refractivity contribution is 0.372. The lowest BCUT2D eigenvalue weighted by Crippen LogP contribution is -2.06. The SMILES string of the molecule is COc1ccc(N)c(-c2cc(OCS(=O)O)ccc2NS(=O)O)c1. The first-order chi connectivity index (χ1) is 11.4. The molecule has 24 heavy (non-hydrogen) atoms. The number of hydrogen-bond acceptors (Lipinski definition) is 5. The molecule has 10 heteroatoms. The fraction of sp³-hybridized carbons (Fsp3) is 0.143.